The number of nitrogens with zero attached hydrogens (tertiary/aromatic N) is 2. The van der Waals surface area contributed by atoms with Gasteiger partial charge in [0.25, 0.3) is 5.91 Å². The molecule has 0 bridgehead atoms. The molecule has 1 N–H and O–H groups in total. The average molecular weight is 478 g/mol. The number of nitrogens with one attached hydrogen (secondary N) is 1. The maximum absolute atomic E-state index is 12.6. The second-order valence-electron chi connectivity index (χ2n) is 7.67. The molecule has 5 rings (SSSR count). The smallest absolute Gasteiger partial charge is 0.257 e. The number of fused-ring (bicyclic) bond motifs is 1. The molecule has 0 radical (unpaired) electrons. The largest absolute Gasteiger partial charge is 0.372 e. The van der Waals surface area contributed by atoms with E-state index in [4.69, 9.17) is 14.7 Å². The Hall–Kier alpha value is -1.22. The van der Waals surface area contributed by atoms with Crippen LogP contribution in [0.4, 0.5) is 0 Å². The number of aliphatic imine (C=N–C) groups is 1. The average Bonchev–Trinajstić information content (AvgIpc) is 3.14. The number of carbonyl (C=O) groups is 1. The summed E-state index contributed by atoms with van der Waals surface area (Å²) in [5.41, 5.74) is 0.165. The standard InChI is InChI=1S/C20H20BrN3O2S2/c21-15-11-27-17(22-15)20-12-26-19(7-4-8-19)9-14(20)10-28-18(24-20)23-16(25)13-5-2-1-3-6-13/h1-3,5-6,11,14H,4,7-10,12H2,(H,23,24,25)/t14-,20-/m0/s1. The Morgan fingerprint density at radius 1 is 1.29 bits per heavy atom. The molecule has 1 amide bonds. The number of thiazole rings is 1. The number of ether oxygens (including phenoxy) is 1. The quantitative estimate of drug-likeness (QED) is 0.686. The lowest BCUT2D eigenvalue weighted by Gasteiger charge is -2.54. The predicted molar refractivity (Wildman–Crippen MR) is 116 cm³/mol. The van der Waals surface area contributed by atoms with Crippen LogP contribution < -0.4 is 5.32 Å². The van der Waals surface area contributed by atoms with Crippen LogP contribution in [0.1, 0.15) is 41.0 Å². The lowest BCUT2D eigenvalue weighted by Crippen LogP contribution is -2.57. The molecule has 3 heterocycles. The highest BCUT2D eigenvalue weighted by Crippen LogP contribution is 2.54. The van der Waals surface area contributed by atoms with E-state index in [1.165, 1.54) is 6.42 Å². The molecule has 1 aromatic heterocycles. The first-order chi connectivity index (χ1) is 13.6. The van der Waals surface area contributed by atoms with Crippen LogP contribution in [-0.2, 0) is 10.3 Å². The van der Waals surface area contributed by atoms with E-state index in [0.717, 1.165) is 34.6 Å². The highest BCUT2D eigenvalue weighted by molar-refractivity contribution is 9.10. The molecule has 2 aliphatic heterocycles. The third kappa shape index (κ3) is 3.24. The highest BCUT2D eigenvalue weighted by atomic mass is 79.9. The van der Waals surface area contributed by atoms with Crippen LogP contribution in [0, 0.1) is 5.92 Å². The minimum absolute atomic E-state index is 0.0452. The number of amidine groups is 1. The summed E-state index contributed by atoms with van der Waals surface area (Å²) in [6.45, 7) is 0.531. The first-order valence-electron chi connectivity index (χ1n) is 9.43. The van der Waals surface area contributed by atoms with Gasteiger partial charge in [-0.15, -0.1) is 11.3 Å². The van der Waals surface area contributed by atoms with Crippen LogP contribution in [0.2, 0.25) is 0 Å². The molecule has 146 valence electrons. The van der Waals surface area contributed by atoms with Gasteiger partial charge in [-0.25, -0.2) is 9.98 Å². The Bertz CT molecular complexity index is 929. The first-order valence-corrected chi connectivity index (χ1v) is 12.1. The fraction of sp³-hybridized carbons (Fsp3) is 0.450. The Morgan fingerprint density at radius 3 is 2.79 bits per heavy atom. The zero-order valence-electron chi connectivity index (χ0n) is 15.2. The molecule has 0 unspecified atom stereocenters. The van der Waals surface area contributed by atoms with E-state index in [1.807, 2.05) is 35.7 Å². The second-order valence-corrected chi connectivity index (χ2v) is 10.4. The summed E-state index contributed by atoms with van der Waals surface area (Å²) in [7, 11) is 0. The summed E-state index contributed by atoms with van der Waals surface area (Å²) in [5, 5.41) is 6.62. The molecule has 3 aliphatic rings. The van der Waals surface area contributed by atoms with Crippen molar-refractivity contribution >= 4 is 50.1 Å². The van der Waals surface area contributed by atoms with Gasteiger partial charge in [-0.3, -0.25) is 4.79 Å². The van der Waals surface area contributed by atoms with Crippen molar-refractivity contribution in [2.45, 2.75) is 36.8 Å². The van der Waals surface area contributed by atoms with Gasteiger partial charge in [-0.1, -0.05) is 30.0 Å². The molecule has 2 fully saturated rings. The van der Waals surface area contributed by atoms with Crippen molar-refractivity contribution in [1.29, 1.82) is 0 Å². The molecule has 1 aromatic carbocycles. The van der Waals surface area contributed by atoms with Gasteiger partial charge in [0, 0.05) is 22.6 Å². The Labute approximate surface area is 180 Å². The highest BCUT2D eigenvalue weighted by Gasteiger charge is 2.56. The van der Waals surface area contributed by atoms with E-state index in [-0.39, 0.29) is 11.5 Å². The number of halogens is 1. The summed E-state index contributed by atoms with van der Waals surface area (Å²) < 4.78 is 7.22. The molecule has 28 heavy (non-hydrogen) atoms. The van der Waals surface area contributed by atoms with Crippen LogP contribution >= 0.6 is 39.0 Å². The topological polar surface area (TPSA) is 63.6 Å². The zero-order chi connectivity index (χ0) is 19.2. The summed E-state index contributed by atoms with van der Waals surface area (Å²) in [6.07, 6.45) is 4.55. The van der Waals surface area contributed by atoms with E-state index in [1.54, 1.807) is 23.1 Å². The van der Waals surface area contributed by atoms with Crippen LogP contribution in [0.25, 0.3) is 0 Å². The molecular formula is C20H20BrN3O2S2. The van der Waals surface area contributed by atoms with Crippen molar-refractivity contribution in [3.63, 3.8) is 0 Å². The van der Waals surface area contributed by atoms with Gasteiger partial charge in [0.2, 0.25) is 0 Å². The van der Waals surface area contributed by atoms with E-state index in [2.05, 4.69) is 21.2 Å². The molecule has 1 spiro atoms. The van der Waals surface area contributed by atoms with E-state index in [0.29, 0.717) is 23.3 Å². The summed E-state index contributed by atoms with van der Waals surface area (Å²) in [6, 6.07) is 9.25. The van der Waals surface area contributed by atoms with Crippen LogP contribution in [-0.4, -0.2) is 34.0 Å². The van der Waals surface area contributed by atoms with Crippen molar-refractivity contribution in [2.24, 2.45) is 10.9 Å². The maximum Gasteiger partial charge on any atom is 0.257 e. The van der Waals surface area contributed by atoms with Crippen molar-refractivity contribution in [3.05, 3.63) is 50.9 Å². The van der Waals surface area contributed by atoms with E-state index in [9.17, 15) is 4.79 Å². The summed E-state index contributed by atoms with van der Waals surface area (Å²) >= 11 is 6.72. The number of hydrogen-bond donors (Lipinski definition) is 1. The predicted octanol–water partition coefficient (Wildman–Crippen LogP) is 4.59. The molecule has 2 aromatic rings. The normalized spacial score (nSPS) is 28.2. The molecular weight excluding hydrogens is 458 g/mol. The lowest BCUT2D eigenvalue weighted by molar-refractivity contribution is -0.169. The minimum atomic E-state index is -0.512. The van der Waals surface area contributed by atoms with Gasteiger partial charge in [0.1, 0.15) is 15.1 Å². The lowest BCUT2D eigenvalue weighted by atomic mass is 9.67. The summed E-state index contributed by atoms with van der Waals surface area (Å²) in [5.74, 6) is 1.14. The number of amides is 1. The third-order valence-electron chi connectivity index (χ3n) is 5.98. The molecule has 1 saturated heterocycles. The molecule has 5 nitrogen and oxygen atoms in total. The second kappa shape index (κ2) is 7.23. The van der Waals surface area contributed by atoms with Crippen molar-refractivity contribution in [2.75, 3.05) is 12.4 Å². The Balaban J connectivity index is 1.46. The monoisotopic (exact) mass is 477 g/mol. The SMILES string of the molecule is O=C(NC1=N[C@@]2(c3nc(Br)cs3)COC3(CCC3)C[C@H]2CS1)c1ccccc1. The fourth-order valence-electron chi connectivity index (χ4n) is 4.25. The zero-order valence-corrected chi connectivity index (χ0v) is 18.4. The molecule has 1 saturated carbocycles. The van der Waals surface area contributed by atoms with Gasteiger partial charge in [-0.2, -0.15) is 0 Å². The number of hydrogen-bond acceptors (Lipinski definition) is 6. The van der Waals surface area contributed by atoms with E-state index >= 15 is 0 Å². The fourth-order valence-corrected chi connectivity index (χ4v) is 6.86. The first kappa shape index (κ1) is 18.8. The van der Waals surface area contributed by atoms with Gasteiger partial charge in [-0.05, 0) is 53.7 Å². The van der Waals surface area contributed by atoms with Crippen molar-refractivity contribution < 1.29 is 9.53 Å². The molecule has 2 atom stereocenters. The van der Waals surface area contributed by atoms with Gasteiger partial charge < -0.3 is 10.1 Å². The molecule has 1 aliphatic carbocycles. The summed E-state index contributed by atoms with van der Waals surface area (Å²) in [4.78, 5) is 22.4. The maximum atomic E-state index is 12.6. The minimum Gasteiger partial charge on any atom is -0.372 e. The van der Waals surface area contributed by atoms with Crippen LogP contribution in [0.5, 0.6) is 0 Å². The van der Waals surface area contributed by atoms with Gasteiger partial charge in [0.15, 0.2) is 5.17 Å². The van der Waals surface area contributed by atoms with Gasteiger partial charge in [0.05, 0.1) is 12.2 Å². The Kier molecular flexibility index (Phi) is 4.85. The number of aromatic nitrogens is 1. The number of rotatable bonds is 2. The Morgan fingerprint density at radius 2 is 2.11 bits per heavy atom. The number of benzene rings is 1. The van der Waals surface area contributed by atoms with Gasteiger partial charge >= 0.3 is 0 Å². The van der Waals surface area contributed by atoms with Crippen LogP contribution in [0.15, 0.2) is 45.3 Å². The number of thioether (sulfide) groups is 1. The number of carbonyl (C=O) groups excluding carboxylic acids is 1. The third-order valence-corrected chi connectivity index (χ3v) is 8.74. The van der Waals surface area contributed by atoms with Crippen molar-refractivity contribution in [3.8, 4) is 0 Å². The van der Waals surface area contributed by atoms with Crippen molar-refractivity contribution in [1.82, 2.24) is 10.3 Å². The van der Waals surface area contributed by atoms with E-state index < -0.39 is 5.54 Å². The molecule has 8 heteroatoms. The van der Waals surface area contributed by atoms with Crippen LogP contribution in [0.3, 0.4) is 0 Å².